The lowest BCUT2D eigenvalue weighted by atomic mass is 10.1. The van der Waals surface area contributed by atoms with Gasteiger partial charge >= 0.3 is 6.23 Å². The molecule has 0 aromatic heterocycles. The molecule has 8 N–H and O–H groups in total. The molecule has 49 heavy (non-hydrogen) atoms. The second-order valence-corrected chi connectivity index (χ2v) is 11.0. The summed E-state index contributed by atoms with van der Waals surface area (Å²) in [6, 6.07) is 3.58. The van der Waals surface area contributed by atoms with Crippen molar-refractivity contribution in [2.45, 2.75) is 98.6 Å². The molecule has 0 bridgehead atoms. The Morgan fingerprint density at radius 1 is 1.00 bits per heavy atom. The van der Waals surface area contributed by atoms with Gasteiger partial charge in [0.05, 0.1) is 50.8 Å². The van der Waals surface area contributed by atoms with Gasteiger partial charge in [-0.1, -0.05) is 0 Å². The van der Waals surface area contributed by atoms with Crippen LogP contribution in [0.5, 0.6) is 0 Å². The summed E-state index contributed by atoms with van der Waals surface area (Å²) >= 11 is 0. The van der Waals surface area contributed by atoms with Crippen LogP contribution in [-0.2, 0) is 28.1 Å². The number of ketones is 1. The molecule has 0 saturated carbocycles. The average Bonchev–Trinajstić information content (AvgIpc) is 3.62. The zero-order chi connectivity index (χ0) is 37.7. The highest BCUT2D eigenvalue weighted by Crippen LogP contribution is 2.31. The van der Waals surface area contributed by atoms with Crippen LogP contribution in [0, 0.1) is 35.8 Å². The first-order valence-electron chi connectivity index (χ1n) is 14.1. The largest absolute Gasteiger partial charge is 0.390 e. The Bertz CT molecular complexity index is 1200. The number of hydrogen-bond acceptors (Lipinski definition) is 18. The first kappa shape index (κ1) is 46.3. The lowest BCUT2D eigenvalue weighted by Gasteiger charge is -2.17. The molecule has 0 amide bonds. The molecule has 3 saturated heterocycles. The average molecular weight is 737 g/mol. The Balaban J connectivity index is 0.000000627. The molecular weight excluding hydrogens is 694 g/mol. The summed E-state index contributed by atoms with van der Waals surface area (Å²) in [5.74, 6) is -2.13. The van der Waals surface area contributed by atoms with Crippen LogP contribution in [0.4, 0.5) is 0 Å². The van der Waals surface area contributed by atoms with Crippen LogP contribution in [0.1, 0.15) is 19.3 Å². The highest BCUT2D eigenvalue weighted by atomic mass is 31.0. The number of aliphatic hydroxyl groups excluding tert-OH is 7. The minimum Gasteiger partial charge on any atom is -0.390 e. The van der Waals surface area contributed by atoms with Crippen LogP contribution in [-0.4, -0.2) is 166 Å². The van der Waals surface area contributed by atoms with E-state index in [0.29, 0.717) is 0 Å². The van der Waals surface area contributed by atoms with Crippen molar-refractivity contribution < 1.29 is 68.9 Å². The van der Waals surface area contributed by atoms with Gasteiger partial charge in [-0.15, -0.1) is 0 Å². The summed E-state index contributed by atoms with van der Waals surface area (Å²) in [6.45, 7) is 19.3. The summed E-state index contributed by atoms with van der Waals surface area (Å²) in [7, 11) is 4.02. The molecular formula is C27H42N6O14P2. The SMILES string of the molecule is C=NCC(=O)C(O)C(O)CN=C.OC1C(COP)OC(OP)C1O.[C-]#[N+]C1OC(CC#N)C(O)C1O.[C-]#[N+]CC1OC(O)(CC#N)CC1O. The van der Waals surface area contributed by atoms with Gasteiger partial charge in [-0.2, -0.15) is 10.5 Å². The maximum Gasteiger partial charge on any atom is 0.356 e. The van der Waals surface area contributed by atoms with Gasteiger partial charge in [0, 0.05) is 25.4 Å². The molecule has 3 aliphatic rings. The van der Waals surface area contributed by atoms with E-state index in [-0.39, 0.29) is 45.5 Å². The molecule has 15 atom stereocenters. The number of nitrogens with zero attached hydrogens (tertiary/aromatic N) is 6. The van der Waals surface area contributed by atoms with Crippen LogP contribution in [0.3, 0.4) is 0 Å². The van der Waals surface area contributed by atoms with E-state index >= 15 is 0 Å². The molecule has 3 fully saturated rings. The van der Waals surface area contributed by atoms with Crippen molar-refractivity contribution >= 4 is 38.2 Å². The van der Waals surface area contributed by atoms with Gasteiger partial charge < -0.3 is 69.0 Å². The number of ether oxygens (including phenoxy) is 3. The molecule has 0 spiro atoms. The monoisotopic (exact) mass is 736 g/mol. The standard InChI is InChI=1S/C8H10N2O3.C7H8N2O3.C7H12N2O3.C5H12O5P2/c1-10-5-7-6(11)4-8(12,13-7)2-3-9;1-9-7-6(11)5(10)4(12-7)2-3-8;1-8-3-5(10)7(12)6(11)4-9-2;6-3-2(1-8-11)9-5(10-12)4(3)7/h6-7,11-12H,2,4-5H2;4-7,10-11H,2H2;5,7,10,12H,1-4H2;2-7H,1,11-12H2. The fourth-order valence-corrected chi connectivity index (χ4v) is 4.57. The number of carbonyl (C=O) groups is 1. The normalized spacial score (nSPS) is 33.9. The predicted octanol–water partition coefficient (Wildman–Crippen LogP) is -3.35. The Morgan fingerprint density at radius 2 is 1.63 bits per heavy atom. The van der Waals surface area contributed by atoms with E-state index in [0.717, 1.165) is 0 Å². The van der Waals surface area contributed by atoms with Gasteiger partial charge in [0.25, 0.3) is 0 Å². The fourth-order valence-electron chi connectivity index (χ4n) is 4.16. The smallest absolute Gasteiger partial charge is 0.356 e. The van der Waals surface area contributed by atoms with Gasteiger partial charge in [0.2, 0.25) is 6.54 Å². The van der Waals surface area contributed by atoms with E-state index in [1.807, 2.05) is 18.9 Å². The van der Waals surface area contributed by atoms with Gasteiger partial charge in [0.1, 0.15) is 42.7 Å². The van der Waals surface area contributed by atoms with Gasteiger partial charge in [-0.05, 0) is 13.4 Å². The van der Waals surface area contributed by atoms with Gasteiger partial charge in [0.15, 0.2) is 30.1 Å². The van der Waals surface area contributed by atoms with Gasteiger partial charge in [-0.25, -0.2) is 13.1 Å². The van der Waals surface area contributed by atoms with E-state index in [1.54, 1.807) is 12.1 Å². The third-order valence-corrected chi connectivity index (χ3v) is 7.16. The van der Waals surface area contributed by atoms with Crippen molar-refractivity contribution in [2.24, 2.45) is 9.98 Å². The van der Waals surface area contributed by atoms with Crippen molar-refractivity contribution in [3.05, 3.63) is 22.8 Å². The van der Waals surface area contributed by atoms with Crippen molar-refractivity contribution in [3.8, 4) is 12.1 Å². The van der Waals surface area contributed by atoms with E-state index in [2.05, 4.69) is 33.1 Å². The Labute approximate surface area is 287 Å². The first-order chi connectivity index (χ1) is 23.1. The molecule has 0 aliphatic carbocycles. The van der Waals surface area contributed by atoms with Crippen molar-refractivity contribution in [1.29, 1.82) is 10.5 Å². The second-order valence-electron chi connectivity index (χ2n) is 10.3. The maximum atomic E-state index is 10.9. The molecule has 274 valence electrons. The highest BCUT2D eigenvalue weighted by Gasteiger charge is 2.47. The van der Waals surface area contributed by atoms with Crippen LogP contribution >= 0.6 is 18.9 Å². The molecule has 3 heterocycles. The summed E-state index contributed by atoms with van der Waals surface area (Å²) in [5.41, 5.74) is 0. The minimum atomic E-state index is -1.57. The number of rotatable bonds is 12. The number of carbonyl (C=O) groups excluding carboxylic acids is 1. The maximum absolute atomic E-state index is 10.9. The lowest BCUT2D eigenvalue weighted by Crippen LogP contribution is -2.37. The summed E-state index contributed by atoms with van der Waals surface area (Å²) in [5, 5.41) is 90.7. The molecule has 20 nitrogen and oxygen atoms in total. The molecule has 22 heteroatoms. The topological polar surface area (TPSA) is 306 Å². The first-order valence-corrected chi connectivity index (χ1v) is 15.1. The molecule has 3 aliphatic heterocycles. The number of hydrogen-bond donors (Lipinski definition) is 8. The summed E-state index contributed by atoms with van der Waals surface area (Å²) in [4.78, 5) is 23.5. The highest BCUT2D eigenvalue weighted by molar-refractivity contribution is 7.10. The molecule has 3 rings (SSSR count). The zero-order valence-corrected chi connectivity index (χ0v) is 28.5. The van der Waals surface area contributed by atoms with Gasteiger partial charge in [-0.3, -0.25) is 19.6 Å². The third-order valence-electron chi connectivity index (χ3n) is 6.70. The Morgan fingerprint density at radius 3 is 2.08 bits per heavy atom. The second kappa shape index (κ2) is 24.5. The third kappa shape index (κ3) is 15.4. The summed E-state index contributed by atoms with van der Waals surface area (Å²) < 4.78 is 24.4. The Hall–Kier alpha value is -2.69. The van der Waals surface area contributed by atoms with E-state index in [9.17, 15) is 30.3 Å². The number of nitriles is 2. The predicted molar refractivity (Wildman–Crippen MR) is 173 cm³/mol. The number of aliphatic imine (C=N–C) groups is 2. The summed E-state index contributed by atoms with van der Waals surface area (Å²) in [6.07, 6.45) is -11.8. The van der Waals surface area contributed by atoms with Crippen molar-refractivity contribution in [1.82, 2.24) is 0 Å². The van der Waals surface area contributed by atoms with Crippen LogP contribution in [0.15, 0.2) is 9.98 Å². The lowest BCUT2D eigenvalue weighted by molar-refractivity contribution is -0.185. The molecule has 0 aromatic carbocycles. The Kier molecular flexibility index (Phi) is 23.1. The fraction of sp³-hybridized carbons (Fsp3) is 0.741. The number of aliphatic hydroxyl groups is 8. The zero-order valence-electron chi connectivity index (χ0n) is 26.2. The van der Waals surface area contributed by atoms with Crippen molar-refractivity contribution in [2.75, 3.05) is 26.2 Å². The van der Waals surface area contributed by atoms with E-state index in [1.165, 1.54) is 0 Å². The molecule has 0 aromatic rings. The minimum absolute atomic E-state index is 0.000741. The number of Topliss-reactive ketones (excluding diaryl/α,β-unsaturated/α-hetero) is 1. The van der Waals surface area contributed by atoms with E-state index in [4.69, 9.17) is 62.2 Å². The van der Waals surface area contributed by atoms with Crippen LogP contribution in [0.2, 0.25) is 0 Å². The van der Waals surface area contributed by atoms with Crippen molar-refractivity contribution in [3.63, 3.8) is 0 Å². The molecule has 15 unspecified atom stereocenters. The quantitative estimate of drug-likeness (QED) is 0.0551. The van der Waals surface area contributed by atoms with E-state index < -0.39 is 85.1 Å². The van der Waals surface area contributed by atoms with Crippen LogP contribution < -0.4 is 0 Å². The van der Waals surface area contributed by atoms with Crippen LogP contribution in [0.25, 0.3) is 9.69 Å². The molecule has 0 radical (unpaired) electrons.